The van der Waals surface area contributed by atoms with Gasteiger partial charge >= 0.3 is 0 Å². The third-order valence-corrected chi connectivity index (χ3v) is 5.57. The van der Waals surface area contributed by atoms with Crippen LogP contribution in [0.5, 0.6) is 5.75 Å². The Labute approximate surface area is 197 Å². The molecular weight excluding hydrogens is 457 g/mol. The average Bonchev–Trinajstić information content (AvgIpc) is 3.21. The normalized spacial score (nSPS) is 11.2. The van der Waals surface area contributed by atoms with Gasteiger partial charge in [0, 0.05) is 11.9 Å². The zero-order chi connectivity index (χ0) is 24.7. The summed E-state index contributed by atoms with van der Waals surface area (Å²) in [4.78, 5) is 18.0. The molecular formula is C26H19F3N4O2. The third kappa shape index (κ3) is 4.16. The van der Waals surface area contributed by atoms with Gasteiger partial charge in [-0.3, -0.25) is 9.20 Å². The lowest BCUT2D eigenvalue weighted by atomic mass is 10.1. The first-order valence-electron chi connectivity index (χ1n) is 10.7. The van der Waals surface area contributed by atoms with Gasteiger partial charge in [-0.2, -0.15) is 5.10 Å². The summed E-state index contributed by atoms with van der Waals surface area (Å²) < 4.78 is 49.1. The summed E-state index contributed by atoms with van der Waals surface area (Å²) in [6, 6.07) is 14.5. The molecule has 0 N–H and O–H groups in total. The first-order valence-corrected chi connectivity index (χ1v) is 10.7. The van der Waals surface area contributed by atoms with Gasteiger partial charge in [-0.15, -0.1) is 0 Å². The van der Waals surface area contributed by atoms with Gasteiger partial charge in [-0.1, -0.05) is 12.1 Å². The highest BCUT2D eigenvalue weighted by Crippen LogP contribution is 2.25. The minimum atomic E-state index is -0.966. The fourth-order valence-electron chi connectivity index (χ4n) is 3.91. The van der Waals surface area contributed by atoms with Gasteiger partial charge in [-0.25, -0.2) is 22.8 Å². The van der Waals surface area contributed by atoms with Crippen LogP contribution in [0.25, 0.3) is 22.6 Å². The highest BCUT2D eigenvalue weighted by molar-refractivity contribution is 5.65. The lowest BCUT2D eigenvalue weighted by Crippen LogP contribution is -2.19. The van der Waals surface area contributed by atoms with E-state index in [2.05, 4.69) is 10.1 Å². The van der Waals surface area contributed by atoms with E-state index in [1.807, 2.05) is 6.92 Å². The SMILES string of the molecule is Cc1nc2c(OCc3ccc(F)c(F)c3)cccn2c(=O)c1-c1cc(C)n(-c2cccc(F)c2)n1. The van der Waals surface area contributed by atoms with Crippen LogP contribution in [0.15, 0.2) is 71.7 Å². The molecule has 5 aromatic rings. The van der Waals surface area contributed by atoms with Crippen LogP contribution in [-0.2, 0) is 6.61 Å². The maximum atomic E-state index is 13.7. The van der Waals surface area contributed by atoms with Gasteiger partial charge in [0.05, 0.1) is 16.9 Å². The lowest BCUT2D eigenvalue weighted by molar-refractivity contribution is 0.306. The summed E-state index contributed by atoms with van der Waals surface area (Å²) >= 11 is 0. The highest BCUT2D eigenvalue weighted by Gasteiger charge is 2.18. The van der Waals surface area contributed by atoms with Crippen LogP contribution in [0.1, 0.15) is 17.0 Å². The van der Waals surface area contributed by atoms with E-state index in [1.54, 1.807) is 48.1 Å². The minimum absolute atomic E-state index is 0.0369. The number of hydrogen-bond donors (Lipinski definition) is 0. The van der Waals surface area contributed by atoms with Crippen LogP contribution in [0, 0.1) is 31.3 Å². The molecule has 0 bridgehead atoms. The van der Waals surface area contributed by atoms with Crippen LogP contribution >= 0.6 is 0 Å². The Morgan fingerprint density at radius 2 is 1.77 bits per heavy atom. The predicted molar refractivity (Wildman–Crippen MR) is 124 cm³/mol. The van der Waals surface area contributed by atoms with Crippen molar-refractivity contribution in [3.8, 4) is 22.7 Å². The Hall–Kier alpha value is -4.40. The number of nitrogens with zero attached hydrogens (tertiary/aromatic N) is 4. The van der Waals surface area contributed by atoms with Crippen LogP contribution < -0.4 is 10.3 Å². The fraction of sp³-hybridized carbons (Fsp3) is 0.115. The number of hydrogen-bond acceptors (Lipinski definition) is 4. The van der Waals surface area contributed by atoms with Crippen molar-refractivity contribution >= 4 is 5.65 Å². The van der Waals surface area contributed by atoms with E-state index in [0.717, 1.165) is 17.8 Å². The lowest BCUT2D eigenvalue weighted by Gasteiger charge is -2.12. The van der Waals surface area contributed by atoms with Crippen molar-refractivity contribution in [2.75, 3.05) is 0 Å². The minimum Gasteiger partial charge on any atom is -0.485 e. The molecule has 0 aliphatic rings. The summed E-state index contributed by atoms with van der Waals surface area (Å²) in [5.74, 6) is -1.99. The molecule has 0 aliphatic heterocycles. The van der Waals surface area contributed by atoms with Crippen LogP contribution in [0.2, 0.25) is 0 Å². The van der Waals surface area contributed by atoms with Crippen LogP contribution in [-0.4, -0.2) is 19.2 Å². The van der Waals surface area contributed by atoms with Crippen molar-refractivity contribution < 1.29 is 17.9 Å². The molecule has 0 aliphatic carbocycles. The first kappa shape index (κ1) is 22.4. The van der Waals surface area contributed by atoms with Crippen LogP contribution in [0.4, 0.5) is 13.2 Å². The average molecular weight is 476 g/mol. The van der Waals surface area contributed by atoms with E-state index in [9.17, 15) is 18.0 Å². The molecule has 5 rings (SSSR count). The molecule has 3 heterocycles. The molecule has 2 aromatic carbocycles. The monoisotopic (exact) mass is 476 g/mol. The fourth-order valence-corrected chi connectivity index (χ4v) is 3.91. The molecule has 176 valence electrons. The largest absolute Gasteiger partial charge is 0.485 e. The van der Waals surface area contributed by atoms with E-state index in [4.69, 9.17) is 4.74 Å². The molecule has 0 atom stereocenters. The van der Waals surface area contributed by atoms with E-state index >= 15 is 0 Å². The van der Waals surface area contributed by atoms with Crippen molar-refractivity contribution in [3.05, 3.63) is 112 Å². The molecule has 0 amide bonds. The molecule has 35 heavy (non-hydrogen) atoms. The summed E-state index contributed by atoms with van der Waals surface area (Å²) in [5.41, 5.74) is 2.76. The standard InChI is InChI=1S/C26H19F3N4O2/c1-15-11-22(31-33(15)19-6-3-5-18(27)13-19)24-16(2)30-25-23(7-4-10-32(25)26(24)34)35-14-17-8-9-20(28)21(29)12-17/h3-13H,14H2,1-2H3. The Morgan fingerprint density at radius 1 is 0.943 bits per heavy atom. The van der Waals surface area contributed by atoms with E-state index in [1.165, 1.54) is 22.6 Å². The Morgan fingerprint density at radius 3 is 2.54 bits per heavy atom. The molecule has 3 aromatic heterocycles. The number of pyridine rings is 1. The Balaban J connectivity index is 1.54. The van der Waals surface area contributed by atoms with Crippen LogP contribution in [0.3, 0.4) is 0 Å². The topological polar surface area (TPSA) is 61.4 Å². The number of fused-ring (bicyclic) bond motifs is 1. The van der Waals surface area contributed by atoms with Gasteiger partial charge in [0.15, 0.2) is 23.0 Å². The first-order chi connectivity index (χ1) is 16.8. The number of benzene rings is 2. The molecule has 9 heteroatoms. The molecule has 0 spiro atoms. The van der Waals surface area contributed by atoms with Gasteiger partial charge in [-0.05, 0) is 67.9 Å². The summed E-state index contributed by atoms with van der Waals surface area (Å²) in [6.07, 6.45) is 1.56. The Kier molecular flexibility index (Phi) is 5.60. The second-order valence-electron chi connectivity index (χ2n) is 8.04. The third-order valence-electron chi connectivity index (χ3n) is 5.57. The number of aromatic nitrogens is 4. The van der Waals surface area contributed by atoms with Gasteiger partial charge in [0.1, 0.15) is 18.1 Å². The van der Waals surface area contributed by atoms with Crippen molar-refractivity contribution in [2.24, 2.45) is 0 Å². The molecule has 0 unspecified atom stereocenters. The smallest absolute Gasteiger partial charge is 0.267 e. The van der Waals surface area contributed by atoms with Crippen molar-refractivity contribution in [2.45, 2.75) is 20.5 Å². The highest BCUT2D eigenvalue weighted by atomic mass is 19.2. The van der Waals surface area contributed by atoms with Crippen molar-refractivity contribution in [1.29, 1.82) is 0 Å². The molecule has 0 saturated heterocycles. The maximum absolute atomic E-state index is 13.7. The zero-order valence-electron chi connectivity index (χ0n) is 18.8. The van der Waals surface area contributed by atoms with E-state index < -0.39 is 17.5 Å². The van der Waals surface area contributed by atoms with E-state index in [-0.39, 0.29) is 17.8 Å². The van der Waals surface area contributed by atoms with Gasteiger partial charge in [0.25, 0.3) is 5.56 Å². The van der Waals surface area contributed by atoms with Gasteiger partial charge < -0.3 is 4.74 Å². The predicted octanol–water partition coefficient (Wildman–Crippen LogP) is 5.16. The van der Waals surface area contributed by atoms with E-state index in [0.29, 0.717) is 34.0 Å². The van der Waals surface area contributed by atoms with Crippen molar-refractivity contribution in [1.82, 2.24) is 19.2 Å². The van der Waals surface area contributed by atoms with Gasteiger partial charge in [0.2, 0.25) is 0 Å². The Bertz CT molecular complexity index is 1640. The summed E-state index contributed by atoms with van der Waals surface area (Å²) in [5, 5.41) is 4.53. The molecule has 0 radical (unpaired) electrons. The molecule has 6 nitrogen and oxygen atoms in total. The number of ether oxygens (including phenoxy) is 1. The molecule has 0 fully saturated rings. The number of halogens is 3. The maximum Gasteiger partial charge on any atom is 0.267 e. The molecule has 0 saturated carbocycles. The van der Waals surface area contributed by atoms with Crippen molar-refractivity contribution in [3.63, 3.8) is 0 Å². The quantitative estimate of drug-likeness (QED) is 0.352. The summed E-state index contributed by atoms with van der Waals surface area (Å²) in [7, 11) is 0. The second kappa shape index (κ2) is 8.75. The number of rotatable bonds is 5. The zero-order valence-corrected chi connectivity index (χ0v) is 18.8. The number of aryl methyl sites for hydroxylation is 2. The second-order valence-corrected chi connectivity index (χ2v) is 8.04. The summed E-state index contributed by atoms with van der Waals surface area (Å²) in [6.45, 7) is 3.47.